The molecule has 2 rings (SSSR count). The summed E-state index contributed by atoms with van der Waals surface area (Å²) < 4.78 is 33.3. The number of rotatable bonds is 6. The first-order chi connectivity index (χ1) is 10.9. The lowest BCUT2D eigenvalue weighted by Crippen LogP contribution is -2.45. The number of benzene rings is 1. The van der Waals surface area contributed by atoms with E-state index in [4.69, 9.17) is 4.74 Å². The van der Waals surface area contributed by atoms with Gasteiger partial charge in [-0.15, -0.1) is 0 Å². The number of hydrogen-bond donors (Lipinski definition) is 0. The second kappa shape index (κ2) is 6.82. The average molecular weight is 337 g/mol. The van der Waals surface area contributed by atoms with E-state index in [0.717, 1.165) is 4.31 Å². The molecule has 0 radical (unpaired) electrons. The van der Waals surface area contributed by atoms with Crippen LogP contribution in [0.1, 0.15) is 13.3 Å². The van der Waals surface area contributed by atoms with Gasteiger partial charge < -0.3 is 4.74 Å². The van der Waals surface area contributed by atoms with Crippen LogP contribution in [0, 0.1) is 0 Å². The molecule has 7 nitrogen and oxygen atoms in total. The molecule has 0 bridgehead atoms. The summed E-state index contributed by atoms with van der Waals surface area (Å²) in [5.74, 6) is -0.608. The maximum Gasteiger partial charge on any atom is 0.329 e. The van der Waals surface area contributed by atoms with Gasteiger partial charge in [0.2, 0.25) is 0 Å². The molecule has 1 aromatic carbocycles. The van der Waals surface area contributed by atoms with Crippen molar-refractivity contribution in [3.05, 3.63) is 42.7 Å². The fourth-order valence-corrected chi connectivity index (χ4v) is 3.93. The van der Waals surface area contributed by atoms with E-state index in [-0.39, 0.29) is 11.3 Å². The van der Waals surface area contributed by atoms with Gasteiger partial charge in [-0.1, -0.05) is 25.1 Å². The predicted octanol–water partition coefficient (Wildman–Crippen LogP) is 1.57. The van der Waals surface area contributed by atoms with Crippen LogP contribution in [0.2, 0.25) is 0 Å². The van der Waals surface area contributed by atoms with Crippen molar-refractivity contribution in [2.24, 2.45) is 7.05 Å². The fourth-order valence-electron chi connectivity index (χ4n) is 2.27. The predicted molar refractivity (Wildman–Crippen MR) is 85.4 cm³/mol. The first-order valence-electron chi connectivity index (χ1n) is 7.07. The molecule has 0 saturated heterocycles. The number of methoxy groups -OCH3 is 1. The second-order valence-corrected chi connectivity index (χ2v) is 6.75. The van der Waals surface area contributed by atoms with Crippen molar-refractivity contribution < 1.29 is 17.9 Å². The van der Waals surface area contributed by atoms with E-state index in [0.29, 0.717) is 5.69 Å². The average Bonchev–Trinajstić information content (AvgIpc) is 2.99. The van der Waals surface area contributed by atoms with Crippen LogP contribution in [-0.4, -0.2) is 37.3 Å². The molecule has 0 aliphatic heterocycles. The highest BCUT2D eigenvalue weighted by molar-refractivity contribution is 7.92. The van der Waals surface area contributed by atoms with Crippen LogP contribution >= 0.6 is 0 Å². The Morgan fingerprint density at radius 3 is 2.48 bits per heavy atom. The van der Waals surface area contributed by atoms with Crippen molar-refractivity contribution in [3.63, 3.8) is 0 Å². The van der Waals surface area contributed by atoms with Crippen LogP contribution in [0.5, 0.6) is 0 Å². The molecular weight excluding hydrogens is 318 g/mol. The second-order valence-electron chi connectivity index (χ2n) is 4.93. The summed E-state index contributed by atoms with van der Waals surface area (Å²) in [4.78, 5) is 12.1. The zero-order chi connectivity index (χ0) is 17.0. The van der Waals surface area contributed by atoms with Crippen molar-refractivity contribution in [1.82, 2.24) is 9.78 Å². The third kappa shape index (κ3) is 3.37. The number of aromatic nitrogens is 2. The number of esters is 1. The van der Waals surface area contributed by atoms with Gasteiger partial charge in [0.25, 0.3) is 10.0 Å². The van der Waals surface area contributed by atoms with Gasteiger partial charge in [0.05, 0.1) is 19.0 Å². The normalized spacial score (nSPS) is 12.7. The highest BCUT2D eigenvalue weighted by Crippen LogP contribution is 2.27. The number of ether oxygens (including phenoxy) is 1. The van der Waals surface area contributed by atoms with E-state index in [1.165, 1.54) is 24.2 Å². The van der Waals surface area contributed by atoms with Gasteiger partial charge in [-0.3, -0.25) is 8.99 Å². The Balaban J connectivity index is 2.60. The summed E-state index contributed by atoms with van der Waals surface area (Å²) in [6, 6.07) is 7.53. The molecule has 0 saturated carbocycles. The minimum atomic E-state index is -3.95. The molecule has 0 unspecified atom stereocenters. The van der Waals surface area contributed by atoms with E-state index in [9.17, 15) is 13.2 Å². The number of nitrogens with zero attached hydrogens (tertiary/aromatic N) is 3. The molecule has 0 amide bonds. The molecule has 0 spiro atoms. The summed E-state index contributed by atoms with van der Waals surface area (Å²) >= 11 is 0. The minimum Gasteiger partial charge on any atom is -0.467 e. The molecule has 1 heterocycles. The van der Waals surface area contributed by atoms with Crippen molar-refractivity contribution in [1.29, 1.82) is 0 Å². The molecule has 0 fully saturated rings. The first kappa shape index (κ1) is 17.0. The lowest BCUT2D eigenvalue weighted by atomic mass is 10.2. The van der Waals surface area contributed by atoms with Crippen LogP contribution in [0.25, 0.3) is 0 Å². The van der Waals surface area contributed by atoms with Crippen LogP contribution in [0.15, 0.2) is 47.6 Å². The quantitative estimate of drug-likeness (QED) is 0.747. The molecule has 0 aliphatic carbocycles. The lowest BCUT2D eigenvalue weighted by molar-refractivity contribution is -0.142. The van der Waals surface area contributed by atoms with Crippen molar-refractivity contribution in [2.45, 2.75) is 24.3 Å². The molecule has 124 valence electrons. The third-order valence-corrected chi connectivity index (χ3v) is 5.18. The van der Waals surface area contributed by atoms with Crippen molar-refractivity contribution in [3.8, 4) is 0 Å². The highest BCUT2D eigenvalue weighted by Gasteiger charge is 2.36. The van der Waals surface area contributed by atoms with Crippen LogP contribution in [0.4, 0.5) is 5.69 Å². The summed E-state index contributed by atoms with van der Waals surface area (Å²) in [5, 5.41) is 3.90. The van der Waals surface area contributed by atoms with Gasteiger partial charge in [0, 0.05) is 13.2 Å². The molecule has 0 N–H and O–H groups in total. The molecular formula is C15H19N3O4S. The number of carbonyl (C=O) groups excluding carboxylic acids is 1. The Morgan fingerprint density at radius 2 is 2.00 bits per heavy atom. The SMILES string of the molecule is CC[C@@H](C(=O)OC)N(c1ccccc1)S(=O)(=O)c1cnn(C)c1. The number of aryl methyl sites for hydroxylation is 1. The van der Waals surface area contributed by atoms with Gasteiger partial charge in [0.15, 0.2) is 0 Å². The van der Waals surface area contributed by atoms with E-state index in [1.54, 1.807) is 44.3 Å². The molecule has 0 aliphatic rings. The van der Waals surface area contributed by atoms with E-state index < -0.39 is 22.0 Å². The van der Waals surface area contributed by atoms with E-state index in [2.05, 4.69) is 5.10 Å². The standard InChI is InChI=1S/C15H19N3O4S/c1-4-14(15(19)22-3)18(12-8-6-5-7-9-12)23(20,21)13-10-16-17(2)11-13/h5-11,14H,4H2,1-3H3/t14-/m0/s1. The molecule has 8 heteroatoms. The third-order valence-electron chi connectivity index (χ3n) is 3.39. The Hall–Kier alpha value is -2.35. The van der Waals surface area contributed by atoms with Gasteiger partial charge in [-0.05, 0) is 18.6 Å². The van der Waals surface area contributed by atoms with E-state index >= 15 is 0 Å². The summed E-state index contributed by atoms with van der Waals surface area (Å²) in [6.45, 7) is 1.73. The summed E-state index contributed by atoms with van der Waals surface area (Å²) in [6.07, 6.45) is 2.94. The lowest BCUT2D eigenvalue weighted by Gasteiger charge is -2.29. The van der Waals surface area contributed by atoms with Crippen LogP contribution in [-0.2, 0) is 26.6 Å². The zero-order valence-electron chi connectivity index (χ0n) is 13.2. The summed E-state index contributed by atoms with van der Waals surface area (Å²) in [7, 11) is -1.08. The molecule has 1 atom stereocenters. The van der Waals surface area contributed by atoms with Crippen molar-refractivity contribution in [2.75, 3.05) is 11.4 Å². The van der Waals surface area contributed by atoms with Gasteiger partial charge in [-0.25, -0.2) is 13.2 Å². The molecule has 1 aromatic heterocycles. The Morgan fingerprint density at radius 1 is 1.35 bits per heavy atom. The monoisotopic (exact) mass is 337 g/mol. The highest BCUT2D eigenvalue weighted by atomic mass is 32.2. The largest absolute Gasteiger partial charge is 0.467 e. The maximum atomic E-state index is 13.0. The maximum absolute atomic E-state index is 13.0. The van der Waals surface area contributed by atoms with E-state index in [1.807, 2.05) is 0 Å². The number of hydrogen-bond acceptors (Lipinski definition) is 5. The van der Waals surface area contributed by atoms with Gasteiger partial charge >= 0.3 is 5.97 Å². The Labute approximate surface area is 135 Å². The van der Waals surface area contributed by atoms with Crippen LogP contribution < -0.4 is 4.31 Å². The Bertz CT molecular complexity index is 771. The zero-order valence-corrected chi connectivity index (χ0v) is 14.0. The minimum absolute atomic E-state index is 0.0196. The van der Waals surface area contributed by atoms with Crippen LogP contribution in [0.3, 0.4) is 0 Å². The number of para-hydroxylation sites is 1. The van der Waals surface area contributed by atoms with Gasteiger partial charge in [0.1, 0.15) is 10.9 Å². The summed E-state index contributed by atoms with van der Waals surface area (Å²) in [5.41, 5.74) is 0.397. The van der Waals surface area contributed by atoms with Crippen molar-refractivity contribution >= 4 is 21.7 Å². The smallest absolute Gasteiger partial charge is 0.329 e. The molecule has 23 heavy (non-hydrogen) atoms. The topological polar surface area (TPSA) is 81.5 Å². The van der Waals surface area contributed by atoms with Gasteiger partial charge in [-0.2, -0.15) is 5.10 Å². The fraction of sp³-hybridized carbons (Fsp3) is 0.333. The Kier molecular flexibility index (Phi) is 5.05. The number of carbonyl (C=O) groups is 1. The molecule has 2 aromatic rings. The number of anilines is 1. The first-order valence-corrected chi connectivity index (χ1v) is 8.51. The number of sulfonamides is 1.